The third-order valence-electron chi connectivity index (χ3n) is 3.83. The zero-order valence-corrected chi connectivity index (χ0v) is 16.4. The van der Waals surface area contributed by atoms with Crippen molar-refractivity contribution in [3.05, 3.63) is 18.3 Å². The van der Waals surface area contributed by atoms with E-state index in [2.05, 4.69) is 15.6 Å². The highest BCUT2D eigenvalue weighted by molar-refractivity contribution is 7.99. The number of carbonyl (C=O) groups excluding carboxylic acids is 2. The van der Waals surface area contributed by atoms with Gasteiger partial charge in [0.15, 0.2) is 0 Å². The molecule has 0 saturated carbocycles. The summed E-state index contributed by atoms with van der Waals surface area (Å²) in [7, 11) is -3.50. The fourth-order valence-electron chi connectivity index (χ4n) is 2.49. The summed E-state index contributed by atoms with van der Waals surface area (Å²) in [5.41, 5.74) is 0. The zero-order valence-electron chi connectivity index (χ0n) is 14.7. The van der Waals surface area contributed by atoms with Crippen molar-refractivity contribution in [3.8, 4) is 0 Å². The molecular formula is C16H24N4O4S2. The van der Waals surface area contributed by atoms with Crippen LogP contribution in [0.3, 0.4) is 0 Å². The number of nitrogens with zero attached hydrogens (tertiary/aromatic N) is 2. The third-order valence-corrected chi connectivity index (χ3v) is 6.66. The van der Waals surface area contributed by atoms with Crippen LogP contribution in [0.4, 0.5) is 0 Å². The number of rotatable bonds is 8. The number of carbonyl (C=O) groups is 2. The Hall–Kier alpha value is -1.65. The number of amides is 2. The summed E-state index contributed by atoms with van der Waals surface area (Å²) in [6, 6.07) is 3.12. The van der Waals surface area contributed by atoms with Gasteiger partial charge in [0.1, 0.15) is 4.90 Å². The number of aromatic nitrogens is 1. The molecule has 1 saturated heterocycles. The first-order valence-corrected chi connectivity index (χ1v) is 11.0. The second-order valence-electron chi connectivity index (χ2n) is 5.82. The molecule has 0 radical (unpaired) electrons. The van der Waals surface area contributed by atoms with Crippen LogP contribution in [-0.4, -0.2) is 61.5 Å². The topological polar surface area (TPSA) is 108 Å². The highest BCUT2D eigenvalue weighted by Gasteiger charge is 2.26. The molecular weight excluding hydrogens is 376 g/mol. The summed E-state index contributed by atoms with van der Waals surface area (Å²) in [6.07, 6.45) is 4.15. The Labute approximate surface area is 158 Å². The average Bonchev–Trinajstić information content (AvgIpc) is 2.66. The van der Waals surface area contributed by atoms with Crippen molar-refractivity contribution in [2.45, 2.75) is 36.1 Å². The van der Waals surface area contributed by atoms with Crippen molar-refractivity contribution in [2.75, 3.05) is 31.9 Å². The molecule has 1 aromatic heterocycles. The van der Waals surface area contributed by atoms with Crippen molar-refractivity contribution >= 4 is 33.6 Å². The molecule has 8 nitrogen and oxygen atoms in total. The first-order valence-electron chi connectivity index (χ1n) is 8.56. The van der Waals surface area contributed by atoms with Crippen LogP contribution in [0.25, 0.3) is 0 Å². The fraction of sp³-hybridized carbons (Fsp3) is 0.562. The Morgan fingerprint density at radius 1 is 1.15 bits per heavy atom. The summed E-state index contributed by atoms with van der Waals surface area (Å²) in [6.45, 7) is 3.35. The van der Waals surface area contributed by atoms with E-state index in [9.17, 15) is 18.0 Å². The molecule has 0 unspecified atom stereocenters. The highest BCUT2D eigenvalue weighted by atomic mass is 32.2. The lowest BCUT2D eigenvalue weighted by molar-refractivity contribution is -0.124. The Balaban J connectivity index is 1.85. The van der Waals surface area contributed by atoms with Gasteiger partial charge < -0.3 is 10.6 Å². The predicted octanol–water partition coefficient (Wildman–Crippen LogP) is 0.601. The van der Waals surface area contributed by atoms with Gasteiger partial charge in [-0.25, -0.2) is 13.4 Å². The van der Waals surface area contributed by atoms with E-state index in [0.29, 0.717) is 24.7 Å². The first kappa shape index (κ1) is 20.7. The Morgan fingerprint density at radius 3 is 2.50 bits per heavy atom. The smallest absolute Gasteiger partial charge is 0.244 e. The van der Waals surface area contributed by atoms with Crippen LogP contribution < -0.4 is 10.6 Å². The molecule has 2 N–H and O–H groups in total. The number of sulfonamides is 1. The van der Waals surface area contributed by atoms with Gasteiger partial charge in [-0.1, -0.05) is 18.2 Å². The van der Waals surface area contributed by atoms with Gasteiger partial charge in [0.25, 0.3) is 0 Å². The number of thioether (sulfide) groups is 1. The lowest BCUT2D eigenvalue weighted by Crippen LogP contribution is -2.37. The molecule has 2 amide bonds. The number of nitrogens with one attached hydrogen (secondary N) is 2. The maximum atomic E-state index is 12.5. The molecule has 1 aromatic rings. The largest absolute Gasteiger partial charge is 0.355 e. The maximum absolute atomic E-state index is 12.5. The van der Waals surface area contributed by atoms with E-state index >= 15 is 0 Å². The van der Waals surface area contributed by atoms with Gasteiger partial charge in [0.05, 0.1) is 17.3 Å². The van der Waals surface area contributed by atoms with Gasteiger partial charge in [0, 0.05) is 25.8 Å². The summed E-state index contributed by atoms with van der Waals surface area (Å²) < 4.78 is 26.6. The molecule has 1 fully saturated rings. The molecule has 1 aliphatic rings. The van der Waals surface area contributed by atoms with Crippen molar-refractivity contribution in [1.29, 1.82) is 0 Å². The first-order chi connectivity index (χ1) is 12.4. The Kier molecular flexibility index (Phi) is 7.85. The van der Waals surface area contributed by atoms with Gasteiger partial charge in [-0.15, -0.1) is 0 Å². The van der Waals surface area contributed by atoms with Crippen LogP contribution in [0.1, 0.15) is 26.2 Å². The van der Waals surface area contributed by atoms with Crippen LogP contribution in [-0.2, 0) is 19.6 Å². The fourth-order valence-corrected chi connectivity index (χ4v) is 4.62. The van der Waals surface area contributed by atoms with Crippen LogP contribution >= 0.6 is 11.8 Å². The number of hydrogen-bond donors (Lipinski definition) is 2. The molecule has 0 bridgehead atoms. The molecule has 2 heterocycles. The summed E-state index contributed by atoms with van der Waals surface area (Å²) in [4.78, 5) is 27.3. The van der Waals surface area contributed by atoms with Crippen molar-refractivity contribution in [3.63, 3.8) is 0 Å². The van der Waals surface area contributed by atoms with E-state index in [1.807, 2.05) is 0 Å². The van der Waals surface area contributed by atoms with E-state index in [1.165, 1.54) is 28.3 Å². The summed E-state index contributed by atoms with van der Waals surface area (Å²) >= 11 is 1.19. The van der Waals surface area contributed by atoms with Gasteiger partial charge in [-0.05, 0) is 31.9 Å². The second-order valence-corrected chi connectivity index (χ2v) is 8.75. The average molecular weight is 401 g/mol. The molecule has 144 valence electrons. The Morgan fingerprint density at radius 2 is 1.88 bits per heavy atom. The maximum Gasteiger partial charge on any atom is 0.244 e. The minimum absolute atomic E-state index is 0.0618. The predicted molar refractivity (Wildman–Crippen MR) is 99.3 cm³/mol. The SMILES string of the molecule is CCNC(=O)CNC(=O)CSc1ccc(S(=O)(=O)N2CCCCC2)cn1. The van der Waals surface area contributed by atoms with Crippen LogP contribution in [0.5, 0.6) is 0 Å². The van der Waals surface area contributed by atoms with Crippen LogP contribution in [0.15, 0.2) is 28.3 Å². The van der Waals surface area contributed by atoms with E-state index in [0.717, 1.165) is 19.3 Å². The van der Waals surface area contributed by atoms with E-state index in [4.69, 9.17) is 0 Å². The minimum Gasteiger partial charge on any atom is -0.355 e. The quantitative estimate of drug-likeness (QED) is 0.619. The molecule has 1 aliphatic heterocycles. The molecule has 0 spiro atoms. The minimum atomic E-state index is -3.50. The number of likely N-dealkylation sites (N-methyl/N-ethyl adjacent to an activating group) is 1. The van der Waals surface area contributed by atoms with Gasteiger partial charge >= 0.3 is 0 Å². The number of hydrogen-bond acceptors (Lipinski definition) is 6. The number of piperidine rings is 1. The van der Waals surface area contributed by atoms with E-state index < -0.39 is 10.0 Å². The number of pyridine rings is 1. The lowest BCUT2D eigenvalue weighted by Gasteiger charge is -2.25. The molecule has 0 atom stereocenters. The summed E-state index contributed by atoms with van der Waals surface area (Å²) in [5.74, 6) is -0.422. The molecule has 2 rings (SSSR count). The van der Waals surface area contributed by atoms with E-state index in [1.54, 1.807) is 13.0 Å². The van der Waals surface area contributed by atoms with Gasteiger partial charge in [-0.2, -0.15) is 4.31 Å². The zero-order chi connectivity index (χ0) is 19.0. The monoisotopic (exact) mass is 400 g/mol. The Bertz CT molecular complexity index is 716. The summed E-state index contributed by atoms with van der Waals surface area (Å²) in [5, 5.41) is 5.65. The normalized spacial score (nSPS) is 15.4. The van der Waals surface area contributed by atoms with Gasteiger partial charge in [0.2, 0.25) is 21.8 Å². The molecule has 10 heteroatoms. The molecule has 26 heavy (non-hydrogen) atoms. The molecule has 0 aromatic carbocycles. The van der Waals surface area contributed by atoms with Crippen molar-refractivity contribution in [2.24, 2.45) is 0 Å². The van der Waals surface area contributed by atoms with Crippen LogP contribution in [0, 0.1) is 0 Å². The standard InChI is InChI=1S/C16H24N4O4S2/c1-2-17-14(21)11-18-15(22)12-25-16-7-6-13(10-19-16)26(23,24)20-8-4-3-5-9-20/h6-7,10H,2-5,8-9,11-12H2,1H3,(H,17,21)(H,18,22). The lowest BCUT2D eigenvalue weighted by atomic mass is 10.2. The highest BCUT2D eigenvalue weighted by Crippen LogP contribution is 2.22. The van der Waals surface area contributed by atoms with E-state index in [-0.39, 0.29) is 29.0 Å². The third kappa shape index (κ3) is 5.96. The van der Waals surface area contributed by atoms with Crippen molar-refractivity contribution < 1.29 is 18.0 Å². The second kappa shape index (κ2) is 9.89. The molecule has 0 aliphatic carbocycles. The van der Waals surface area contributed by atoms with Gasteiger partial charge in [-0.3, -0.25) is 9.59 Å². The van der Waals surface area contributed by atoms with Crippen molar-refractivity contribution in [1.82, 2.24) is 19.9 Å². The van der Waals surface area contributed by atoms with Crippen LogP contribution in [0.2, 0.25) is 0 Å².